The minimum atomic E-state index is -3.08. The average Bonchev–Trinajstić information content (AvgIpc) is 2.33. The Morgan fingerprint density at radius 1 is 1.42 bits per heavy atom. The highest BCUT2D eigenvalue weighted by Gasteiger charge is 2.21. The Balaban J connectivity index is 3.04. The zero-order valence-corrected chi connectivity index (χ0v) is 12.3. The van der Waals surface area contributed by atoms with Crippen molar-refractivity contribution in [3.05, 3.63) is 29.6 Å². The topological polar surface area (TPSA) is 55.4 Å². The monoisotopic (exact) mass is 289 g/mol. The van der Waals surface area contributed by atoms with Gasteiger partial charge < -0.3 is 10.1 Å². The molecule has 1 N–H and O–H groups in total. The van der Waals surface area contributed by atoms with Crippen LogP contribution in [0.3, 0.4) is 0 Å². The molecule has 1 unspecified atom stereocenters. The van der Waals surface area contributed by atoms with Crippen molar-refractivity contribution in [1.82, 2.24) is 5.32 Å². The van der Waals surface area contributed by atoms with E-state index in [1.54, 1.807) is 12.1 Å². The number of hydrogen-bond acceptors (Lipinski definition) is 4. The third kappa shape index (κ3) is 4.80. The van der Waals surface area contributed by atoms with Crippen molar-refractivity contribution < 1.29 is 17.5 Å². The number of methoxy groups -OCH3 is 1. The third-order valence-corrected chi connectivity index (χ3v) is 3.79. The van der Waals surface area contributed by atoms with E-state index in [9.17, 15) is 12.8 Å². The number of nitrogens with one attached hydrogen (secondary N) is 1. The molecule has 0 aliphatic rings. The average molecular weight is 289 g/mol. The summed E-state index contributed by atoms with van der Waals surface area (Å²) in [5.41, 5.74) is 0.385. The van der Waals surface area contributed by atoms with Crippen molar-refractivity contribution in [1.29, 1.82) is 0 Å². The maximum Gasteiger partial charge on any atom is 0.147 e. The largest absolute Gasteiger partial charge is 0.496 e. The number of benzene rings is 1. The zero-order valence-electron chi connectivity index (χ0n) is 11.4. The van der Waals surface area contributed by atoms with Gasteiger partial charge >= 0.3 is 0 Å². The summed E-state index contributed by atoms with van der Waals surface area (Å²) in [6.45, 7) is 2.51. The first-order valence-corrected chi connectivity index (χ1v) is 8.18. The van der Waals surface area contributed by atoms with E-state index in [1.807, 2.05) is 6.92 Å². The second kappa shape index (κ2) is 6.86. The molecular formula is C13H20FNO3S. The molecule has 1 aromatic carbocycles. The smallest absolute Gasteiger partial charge is 0.147 e. The first-order chi connectivity index (χ1) is 8.89. The standard InChI is InChI=1S/C13H20FNO3S/c1-4-15-11(8-9-19(3,16)17)13-10(14)6-5-7-12(13)18-2/h5-7,11,15H,4,8-9H2,1-3H3. The third-order valence-electron chi connectivity index (χ3n) is 2.81. The van der Waals surface area contributed by atoms with E-state index in [1.165, 1.54) is 19.4 Å². The van der Waals surface area contributed by atoms with E-state index in [0.717, 1.165) is 0 Å². The SMILES string of the molecule is CCNC(CCS(C)(=O)=O)c1c(F)cccc1OC. The molecular weight excluding hydrogens is 269 g/mol. The van der Waals surface area contributed by atoms with E-state index in [4.69, 9.17) is 4.74 Å². The summed E-state index contributed by atoms with van der Waals surface area (Å²) in [5.74, 6) is 0.0422. The second-order valence-electron chi connectivity index (χ2n) is 4.38. The van der Waals surface area contributed by atoms with Crippen LogP contribution in [0.4, 0.5) is 4.39 Å². The Bertz CT molecular complexity index is 517. The van der Waals surface area contributed by atoms with Gasteiger partial charge in [-0.05, 0) is 25.1 Å². The Labute approximate surface area is 113 Å². The fraction of sp³-hybridized carbons (Fsp3) is 0.538. The Kier molecular flexibility index (Phi) is 5.75. The molecule has 0 aliphatic carbocycles. The lowest BCUT2D eigenvalue weighted by Crippen LogP contribution is -2.25. The lowest BCUT2D eigenvalue weighted by Gasteiger charge is -2.21. The number of rotatable bonds is 7. The van der Waals surface area contributed by atoms with Gasteiger partial charge in [0.05, 0.1) is 12.9 Å². The van der Waals surface area contributed by atoms with Crippen molar-refractivity contribution in [2.75, 3.05) is 25.7 Å². The Morgan fingerprint density at radius 3 is 2.63 bits per heavy atom. The second-order valence-corrected chi connectivity index (χ2v) is 6.64. The van der Waals surface area contributed by atoms with Crippen LogP contribution in [0.5, 0.6) is 5.75 Å². The van der Waals surface area contributed by atoms with Gasteiger partial charge in [-0.1, -0.05) is 13.0 Å². The van der Waals surface area contributed by atoms with E-state index in [2.05, 4.69) is 5.32 Å². The van der Waals surface area contributed by atoms with Crippen LogP contribution >= 0.6 is 0 Å². The van der Waals surface area contributed by atoms with Gasteiger partial charge in [0.1, 0.15) is 21.4 Å². The van der Waals surface area contributed by atoms with Crippen LogP contribution in [-0.4, -0.2) is 34.1 Å². The normalized spacial score (nSPS) is 13.3. The number of sulfone groups is 1. The zero-order chi connectivity index (χ0) is 14.5. The van der Waals surface area contributed by atoms with Crippen molar-refractivity contribution >= 4 is 9.84 Å². The first-order valence-electron chi connectivity index (χ1n) is 6.12. The summed E-state index contributed by atoms with van der Waals surface area (Å²) >= 11 is 0. The fourth-order valence-electron chi connectivity index (χ4n) is 1.96. The number of halogens is 1. The molecule has 0 saturated heterocycles. The van der Waals surface area contributed by atoms with Crippen LogP contribution in [0.2, 0.25) is 0 Å². The highest BCUT2D eigenvalue weighted by atomic mass is 32.2. The number of hydrogen-bond donors (Lipinski definition) is 1. The molecule has 6 heteroatoms. The lowest BCUT2D eigenvalue weighted by atomic mass is 10.0. The van der Waals surface area contributed by atoms with Crippen LogP contribution in [0.25, 0.3) is 0 Å². The maximum atomic E-state index is 14.0. The molecule has 108 valence electrons. The molecule has 0 heterocycles. The molecule has 0 saturated carbocycles. The van der Waals surface area contributed by atoms with Crippen LogP contribution < -0.4 is 10.1 Å². The fourth-order valence-corrected chi connectivity index (χ4v) is 2.62. The molecule has 4 nitrogen and oxygen atoms in total. The molecule has 1 aromatic rings. The van der Waals surface area contributed by atoms with Gasteiger partial charge in [-0.15, -0.1) is 0 Å². The quantitative estimate of drug-likeness (QED) is 0.833. The molecule has 0 amide bonds. The van der Waals surface area contributed by atoms with Crippen molar-refractivity contribution in [3.8, 4) is 5.75 Å². The summed E-state index contributed by atoms with van der Waals surface area (Å²) in [7, 11) is -1.61. The highest BCUT2D eigenvalue weighted by Crippen LogP contribution is 2.30. The molecule has 0 aromatic heterocycles. The molecule has 0 fully saturated rings. The van der Waals surface area contributed by atoms with E-state index < -0.39 is 9.84 Å². The van der Waals surface area contributed by atoms with Crippen LogP contribution in [0, 0.1) is 5.82 Å². The summed E-state index contributed by atoms with van der Waals surface area (Å²) in [5, 5.41) is 3.10. The molecule has 0 radical (unpaired) electrons. The van der Waals surface area contributed by atoms with Gasteiger partial charge in [0.2, 0.25) is 0 Å². The summed E-state index contributed by atoms with van der Waals surface area (Å²) in [4.78, 5) is 0. The van der Waals surface area contributed by atoms with Crippen molar-refractivity contribution in [2.24, 2.45) is 0 Å². The van der Waals surface area contributed by atoms with Gasteiger partial charge in [0.15, 0.2) is 0 Å². The Morgan fingerprint density at radius 2 is 2.11 bits per heavy atom. The molecule has 19 heavy (non-hydrogen) atoms. The minimum absolute atomic E-state index is 0.00214. The highest BCUT2D eigenvalue weighted by molar-refractivity contribution is 7.90. The summed E-state index contributed by atoms with van der Waals surface area (Å²) in [6.07, 6.45) is 1.48. The van der Waals surface area contributed by atoms with Gasteiger partial charge in [0.25, 0.3) is 0 Å². The van der Waals surface area contributed by atoms with Gasteiger partial charge in [-0.3, -0.25) is 0 Å². The lowest BCUT2D eigenvalue weighted by molar-refractivity contribution is 0.389. The van der Waals surface area contributed by atoms with Gasteiger partial charge in [0, 0.05) is 17.9 Å². The van der Waals surface area contributed by atoms with Crippen molar-refractivity contribution in [3.63, 3.8) is 0 Å². The van der Waals surface area contributed by atoms with Gasteiger partial charge in [-0.25, -0.2) is 12.8 Å². The predicted octanol–water partition coefficient (Wildman–Crippen LogP) is 1.92. The van der Waals surface area contributed by atoms with Crippen LogP contribution in [0.1, 0.15) is 24.9 Å². The van der Waals surface area contributed by atoms with E-state index >= 15 is 0 Å². The molecule has 0 aliphatic heterocycles. The Hall–Kier alpha value is -1.14. The van der Waals surface area contributed by atoms with E-state index in [0.29, 0.717) is 24.3 Å². The van der Waals surface area contributed by atoms with Crippen molar-refractivity contribution in [2.45, 2.75) is 19.4 Å². The molecule has 0 bridgehead atoms. The number of ether oxygens (including phenoxy) is 1. The van der Waals surface area contributed by atoms with E-state index in [-0.39, 0.29) is 17.6 Å². The molecule has 1 atom stereocenters. The maximum absolute atomic E-state index is 14.0. The van der Waals surface area contributed by atoms with Gasteiger partial charge in [-0.2, -0.15) is 0 Å². The molecule has 1 rings (SSSR count). The van der Waals surface area contributed by atoms with Crippen LogP contribution in [-0.2, 0) is 9.84 Å². The first kappa shape index (κ1) is 15.9. The minimum Gasteiger partial charge on any atom is -0.496 e. The van der Waals surface area contributed by atoms with Crippen LogP contribution in [0.15, 0.2) is 18.2 Å². The predicted molar refractivity (Wildman–Crippen MR) is 73.7 cm³/mol. The summed E-state index contributed by atoms with van der Waals surface area (Å²) in [6, 6.07) is 4.21. The molecule has 0 spiro atoms. The summed E-state index contributed by atoms with van der Waals surface area (Å²) < 4.78 is 41.6.